The van der Waals surface area contributed by atoms with E-state index in [1.54, 1.807) is 60.1 Å². The van der Waals surface area contributed by atoms with Crippen LogP contribution in [0.1, 0.15) is 22.7 Å². The van der Waals surface area contributed by atoms with Crippen molar-refractivity contribution < 1.29 is 14.3 Å². The van der Waals surface area contributed by atoms with Crippen LogP contribution in [-0.2, 0) is 9.53 Å². The number of nitrogens with zero attached hydrogens (tertiary/aromatic N) is 2. The fourth-order valence-electron chi connectivity index (χ4n) is 2.36. The van der Waals surface area contributed by atoms with Crippen LogP contribution in [-0.4, -0.2) is 38.4 Å². The van der Waals surface area contributed by atoms with E-state index >= 15 is 0 Å². The zero-order chi connectivity index (χ0) is 18.5. The maximum atomic E-state index is 12.2. The molecule has 0 saturated carbocycles. The Labute approximate surface area is 158 Å². The maximum absolute atomic E-state index is 12.2. The monoisotopic (exact) mass is 391 g/mol. The summed E-state index contributed by atoms with van der Waals surface area (Å²) in [6.45, 7) is 1.63. The number of benzene rings is 1. The van der Waals surface area contributed by atoms with Crippen LogP contribution in [0.4, 0.5) is 5.82 Å². The molecule has 1 fully saturated rings. The zero-order valence-electron chi connectivity index (χ0n) is 14.0. The van der Waals surface area contributed by atoms with E-state index in [-0.39, 0.29) is 34.3 Å². The van der Waals surface area contributed by atoms with Crippen LogP contribution >= 0.6 is 23.5 Å². The molecule has 0 radical (unpaired) electrons. The number of esters is 1. The Balaban J connectivity index is 1.56. The molecule has 1 aliphatic rings. The van der Waals surface area contributed by atoms with Crippen molar-refractivity contribution in [2.24, 2.45) is 0 Å². The molecule has 1 saturated heterocycles. The molecule has 0 bridgehead atoms. The molecular weight excluding hydrogens is 374 g/mol. The second-order valence-electron chi connectivity index (χ2n) is 5.50. The molecular formula is C17H17N3O4S2. The first-order chi connectivity index (χ1) is 12.5. The highest BCUT2D eigenvalue weighted by Gasteiger charge is 2.29. The lowest BCUT2D eigenvalue weighted by molar-refractivity contribution is -0.114. The van der Waals surface area contributed by atoms with Crippen molar-refractivity contribution >= 4 is 41.2 Å². The molecule has 1 aliphatic heterocycles. The Hall–Kier alpha value is -2.26. The number of ether oxygens (including phenoxy) is 1. The molecule has 3 rings (SSSR count). The molecule has 2 atom stereocenters. The molecule has 9 heteroatoms. The van der Waals surface area contributed by atoms with Gasteiger partial charge in [0, 0.05) is 18.9 Å². The van der Waals surface area contributed by atoms with E-state index in [1.807, 2.05) is 6.07 Å². The van der Waals surface area contributed by atoms with Crippen LogP contribution in [0.15, 0.2) is 47.4 Å². The van der Waals surface area contributed by atoms with Gasteiger partial charge >= 0.3 is 11.7 Å². The Morgan fingerprint density at radius 2 is 2.08 bits per heavy atom. The summed E-state index contributed by atoms with van der Waals surface area (Å²) in [7, 11) is 0. The minimum Gasteiger partial charge on any atom is -0.460 e. The van der Waals surface area contributed by atoms with Crippen LogP contribution in [0.25, 0.3) is 0 Å². The fourth-order valence-corrected chi connectivity index (χ4v) is 5.34. The predicted octanol–water partition coefficient (Wildman–Crippen LogP) is 2.36. The highest BCUT2D eigenvalue weighted by Crippen LogP contribution is 2.43. The summed E-state index contributed by atoms with van der Waals surface area (Å²) >= 11 is 3.19. The van der Waals surface area contributed by atoms with Crippen LogP contribution in [0, 0.1) is 0 Å². The zero-order valence-corrected chi connectivity index (χ0v) is 15.6. The van der Waals surface area contributed by atoms with E-state index in [0.717, 1.165) is 0 Å². The normalized spacial score (nSPS) is 19.1. The SMILES string of the molecule is CC(=O)Nc1ccn([C@H]2CS[C@H](COC(=O)c3ccccc3)S2)c(=O)n1. The van der Waals surface area contributed by atoms with Gasteiger partial charge in [0.25, 0.3) is 0 Å². The highest BCUT2D eigenvalue weighted by molar-refractivity contribution is 8.20. The molecule has 2 aromatic rings. The first kappa shape index (κ1) is 18.5. The first-order valence-corrected chi connectivity index (χ1v) is 9.88. The number of anilines is 1. The van der Waals surface area contributed by atoms with E-state index in [9.17, 15) is 14.4 Å². The summed E-state index contributed by atoms with van der Waals surface area (Å²) in [6, 6.07) is 10.4. The van der Waals surface area contributed by atoms with Gasteiger partial charge in [-0.25, -0.2) is 9.59 Å². The molecule has 26 heavy (non-hydrogen) atoms. The molecule has 1 aromatic carbocycles. The Kier molecular flexibility index (Phi) is 6.00. The number of carbonyl (C=O) groups excluding carboxylic acids is 2. The van der Waals surface area contributed by atoms with Crippen LogP contribution in [0.2, 0.25) is 0 Å². The molecule has 2 heterocycles. The Morgan fingerprint density at radius 3 is 2.77 bits per heavy atom. The van der Waals surface area contributed by atoms with Crippen LogP contribution in [0.3, 0.4) is 0 Å². The summed E-state index contributed by atoms with van der Waals surface area (Å²) in [5, 5.41) is 2.40. The Bertz CT molecular complexity index is 857. The summed E-state index contributed by atoms with van der Waals surface area (Å²) < 4.78 is 6.94. The van der Waals surface area contributed by atoms with E-state index in [2.05, 4.69) is 10.3 Å². The number of hydrogen-bond acceptors (Lipinski definition) is 7. The lowest BCUT2D eigenvalue weighted by Crippen LogP contribution is -2.26. The molecule has 0 unspecified atom stereocenters. The molecule has 1 N–H and O–H groups in total. The minimum atomic E-state index is -0.420. The number of thioether (sulfide) groups is 2. The second-order valence-corrected chi connectivity index (χ2v) is 8.42. The van der Waals surface area contributed by atoms with Crippen molar-refractivity contribution in [3.63, 3.8) is 0 Å². The lowest BCUT2D eigenvalue weighted by Gasteiger charge is -2.13. The third-order valence-electron chi connectivity index (χ3n) is 3.54. The van der Waals surface area contributed by atoms with Gasteiger partial charge in [-0.15, -0.1) is 23.5 Å². The molecule has 7 nitrogen and oxygen atoms in total. The first-order valence-electron chi connectivity index (χ1n) is 7.89. The lowest BCUT2D eigenvalue weighted by atomic mass is 10.2. The van der Waals surface area contributed by atoms with Gasteiger partial charge in [-0.1, -0.05) is 18.2 Å². The van der Waals surface area contributed by atoms with E-state index in [4.69, 9.17) is 4.74 Å². The molecule has 136 valence electrons. The van der Waals surface area contributed by atoms with Crippen molar-refractivity contribution in [3.05, 3.63) is 58.6 Å². The molecule has 1 amide bonds. The number of rotatable bonds is 5. The van der Waals surface area contributed by atoms with Gasteiger partial charge in [-0.3, -0.25) is 9.36 Å². The van der Waals surface area contributed by atoms with Gasteiger partial charge in [0.1, 0.15) is 12.4 Å². The summed E-state index contributed by atoms with van der Waals surface area (Å²) in [5.41, 5.74) is 0.0994. The number of hydrogen-bond donors (Lipinski definition) is 1. The number of amides is 1. The minimum absolute atomic E-state index is 0.0505. The summed E-state index contributed by atoms with van der Waals surface area (Å²) in [4.78, 5) is 39.0. The summed E-state index contributed by atoms with van der Waals surface area (Å²) in [6.07, 6.45) is 1.62. The van der Waals surface area contributed by atoms with Gasteiger partial charge in [0.15, 0.2) is 0 Å². The second kappa shape index (κ2) is 8.41. The average Bonchev–Trinajstić information content (AvgIpc) is 3.08. The number of nitrogens with one attached hydrogen (secondary N) is 1. The van der Waals surface area contributed by atoms with Gasteiger partial charge in [0.05, 0.1) is 15.5 Å². The van der Waals surface area contributed by atoms with Gasteiger partial charge in [0.2, 0.25) is 5.91 Å². The van der Waals surface area contributed by atoms with Gasteiger partial charge in [-0.05, 0) is 18.2 Å². The van der Waals surface area contributed by atoms with Crippen molar-refractivity contribution in [2.75, 3.05) is 17.7 Å². The van der Waals surface area contributed by atoms with Crippen molar-refractivity contribution in [3.8, 4) is 0 Å². The van der Waals surface area contributed by atoms with Gasteiger partial charge < -0.3 is 10.1 Å². The quantitative estimate of drug-likeness (QED) is 0.783. The largest absolute Gasteiger partial charge is 0.460 e. The average molecular weight is 391 g/mol. The van der Waals surface area contributed by atoms with E-state index in [0.29, 0.717) is 11.3 Å². The van der Waals surface area contributed by atoms with E-state index in [1.165, 1.54) is 11.5 Å². The summed E-state index contributed by atoms with van der Waals surface area (Å²) in [5.74, 6) is 0.316. The number of aromatic nitrogens is 2. The fraction of sp³-hybridized carbons (Fsp3) is 0.294. The predicted molar refractivity (Wildman–Crippen MR) is 102 cm³/mol. The van der Waals surface area contributed by atoms with Crippen LogP contribution < -0.4 is 11.0 Å². The Morgan fingerprint density at radius 1 is 1.31 bits per heavy atom. The molecule has 0 spiro atoms. The van der Waals surface area contributed by atoms with Crippen LogP contribution in [0.5, 0.6) is 0 Å². The third kappa shape index (κ3) is 4.67. The van der Waals surface area contributed by atoms with Crippen molar-refractivity contribution in [1.29, 1.82) is 0 Å². The molecule has 0 aliphatic carbocycles. The third-order valence-corrected chi connectivity index (χ3v) is 6.65. The van der Waals surface area contributed by atoms with Crippen molar-refractivity contribution in [2.45, 2.75) is 16.9 Å². The highest BCUT2D eigenvalue weighted by atomic mass is 32.2. The van der Waals surface area contributed by atoms with Crippen molar-refractivity contribution in [1.82, 2.24) is 9.55 Å². The van der Waals surface area contributed by atoms with Gasteiger partial charge in [-0.2, -0.15) is 4.98 Å². The van der Waals surface area contributed by atoms with E-state index < -0.39 is 5.69 Å². The maximum Gasteiger partial charge on any atom is 0.350 e. The standard InChI is InChI=1S/C17H17N3O4S2/c1-11(21)18-13-7-8-20(17(23)19-13)14-10-25-15(26-14)9-24-16(22)12-5-3-2-4-6-12/h2-8,14-15H,9-10H2,1H3,(H,18,19,21,23)/t14-,15+/m1/s1. The topological polar surface area (TPSA) is 90.3 Å². The number of carbonyl (C=O) groups is 2. The molecule has 1 aromatic heterocycles. The smallest absolute Gasteiger partial charge is 0.350 e.